The molecule has 0 unspecified atom stereocenters. The number of aliphatic hydroxyl groups is 1. The zero-order valence-electron chi connectivity index (χ0n) is 6.04. The second-order valence-corrected chi connectivity index (χ2v) is 2.19. The molecule has 0 aliphatic rings. The van der Waals surface area contributed by atoms with Gasteiger partial charge < -0.3 is 5.11 Å². The van der Waals surface area contributed by atoms with Crippen molar-refractivity contribution in [1.29, 1.82) is 0 Å². The first-order valence-corrected chi connectivity index (χ1v) is 3.36. The molecule has 0 atom stereocenters. The normalized spacial score (nSPS) is 9.40. The third-order valence-corrected chi connectivity index (χ3v) is 1.50. The molecule has 2 heteroatoms. The minimum Gasteiger partial charge on any atom is -0.392 e. The fourth-order valence-corrected chi connectivity index (χ4v) is 0.815. The Morgan fingerprint density at radius 3 is 2.30 bits per heavy atom. The molecule has 1 nitrogen and oxygen atoms in total. The van der Waals surface area contributed by atoms with Crippen LogP contribution in [-0.4, -0.2) is 12.4 Å². The molecule has 0 fully saturated rings. The predicted octanol–water partition coefficient (Wildman–Crippen LogP) is 0.556. The minimum absolute atomic E-state index is 0.129. The third kappa shape index (κ3) is 1.61. The highest BCUT2D eigenvalue weighted by molar-refractivity contribution is 6.51. The van der Waals surface area contributed by atoms with Crippen LogP contribution in [0.3, 0.4) is 0 Å². The summed E-state index contributed by atoms with van der Waals surface area (Å²) in [6, 6.07) is 7.84. The van der Waals surface area contributed by atoms with Gasteiger partial charge in [-0.05, 0) is 5.56 Å². The molecule has 0 spiro atoms. The highest BCUT2D eigenvalue weighted by atomic mass is 16.3. The van der Waals surface area contributed by atoms with E-state index in [1.807, 2.05) is 38.4 Å². The van der Waals surface area contributed by atoms with Gasteiger partial charge in [0.05, 0.1) is 6.61 Å². The fraction of sp³-hybridized carbons (Fsp3) is 0.250. The van der Waals surface area contributed by atoms with Crippen LogP contribution >= 0.6 is 0 Å². The Balaban J connectivity index is 2.80. The SMILES string of the molecule is C[B]c1ccc(CO)cc1. The van der Waals surface area contributed by atoms with Crippen LogP contribution in [0, 0.1) is 0 Å². The topological polar surface area (TPSA) is 20.2 Å². The quantitative estimate of drug-likeness (QED) is 0.584. The highest BCUT2D eigenvalue weighted by Crippen LogP contribution is 1.94. The first-order valence-electron chi connectivity index (χ1n) is 3.36. The summed E-state index contributed by atoms with van der Waals surface area (Å²) in [7, 11) is 2.03. The first-order chi connectivity index (χ1) is 4.86. The molecule has 0 aliphatic carbocycles. The van der Waals surface area contributed by atoms with E-state index in [9.17, 15) is 0 Å². The van der Waals surface area contributed by atoms with Crippen molar-refractivity contribution in [3.05, 3.63) is 29.8 Å². The molecule has 0 aromatic heterocycles. The first kappa shape index (κ1) is 7.35. The van der Waals surface area contributed by atoms with Crippen LogP contribution in [0.4, 0.5) is 0 Å². The minimum atomic E-state index is 0.129. The van der Waals surface area contributed by atoms with E-state index in [2.05, 4.69) is 0 Å². The molecular weight excluding hydrogens is 123 g/mol. The molecule has 1 rings (SSSR count). The largest absolute Gasteiger partial charge is 0.392 e. The van der Waals surface area contributed by atoms with Crippen molar-refractivity contribution in [2.75, 3.05) is 0 Å². The zero-order chi connectivity index (χ0) is 7.40. The average molecular weight is 133 g/mol. The Labute approximate surface area is 61.9 Å². The number of hydrogen-bond acceptors (Lipinski definition) is 1. The van der Waals surface area contributed by atoms with Gasteiger partial charge in [-0.25, -0.2) is 0 Å². The molecule has 0 heterocycles. The molecule has 10 heavy (non-hydrogen) atoms. The number of hydrogen-bond donors (Lipinski definition) is 1. The van der Waals surface area contributed by atoms with E-state index in [1.165, 1.54) is 5.46 Å². The van der Waals surface area contributed by atoms with Crippen LogP contribution in [0.1, 0.15) is 5.56 Å². The lowest BCUT2D eigenvalue weighted by Gasteiger charge is -1.96. The molecule has 1 N–H and O–H groups in total. The van der Waals surface area contributed by atoms with Crippen LogP contribution in [0.25, 0.3) is 0 Å². The molecule has 0 amide bonds. The monoisotopic (exact) mass is 133 g/mol. The van der Waals surface area contributed by atoms with E-state index >= 15 is 0 Å². The van der Waals surface area contributed by atoms with Gasteiger partial charge in [0.15, 0.2) is 0 Å². The van der Waals surface area contributed by atoms with E-state index in [0.717, 1.165) is 5.56 Å². The molecule has 0 saturated carbocycles. The van der Waals surface area contributed by atoms with Crippen LogP contribution in [-0.2, 0) is 6.61 Å². The summed E-state index contributed by atoms with van der Waals surface area (Å²) in [5, 5.41) is 8.69. The van der Waals surface area contributed by atoms with E-state index in [4.69, 9.17) is 5.11 Å². The Morgan fingerprint density at radius 1 is 1.30 bits per heavy atom. The van der Waals surface area contributed by atoms with E-state index in [-0.39, 0.29) is 6.61 Å². The second kappa shape index (κ2) is 3.42. The predicted molar refractivity (Wildman–Crippen MR) is 43.6 cm³/mol. The molecule has 1 aromatic carbocycles. The summed E-state index contributed by atoms with van der Waals surface area (Å²) in [5.74, 6) is 0. The van der Waals surface area contributed by atoms with Crippen molar-refractivity contribution >= 4 is 12.7 Å². The molecule has 1 radical (unpaired) electrons. The van der Waals surface area contributed by atoms with Crippen molar-refractivity contribution in [1.82, 2.24) is 0 Å². The van der Waals surface area contributed by atoms with Crippen molar-refractivity contribution in [2.45, 2.75) is 13.4 Å². The Morgan fingerprint density at radius 2 is 1.90 bits per heavy atom. The molecule has 0 bridgehead atoms. The zero-order valence-corrected chi connectivity index (χ0v) is 6.04. The summed E-state index contributed by atoms with van der Waals surface area (Å²) in [5.41, 5.74) is 2.16. The van der Waals surface area contributed by atoms with Crippen molar-refractivity contribution < 1.29 is 5.11 Å². The number of benzene rings is 1. The van der Waals surface area contributed by atoms with Gasteiger partial charge in [-0.2, -0.15) is 0 Å². The molecule has 51 valence electrons. The summed E-state index contributed by atoms with van der Waals surface area (Å²) < 4.78 is 0. The standard InChI is InChI=1S/C8H10BO/c1-9-8-4-2-7(6-10)3-5-8/h2-5,10H,6H2,1H3. The maximum absolute atomic E-state index is 8.69. The van der Waals surface area contributed by atoms with Gasteiger partial charge in [0.25, 0.3) is 0 Å². The average Bonchev–Trinajstić information content (AvgIpc) is 2.05. The van der Waals surface area contributed by atoms with Crippen LogP contribution in [0.5, 0.6) is 0 Å². The van der Waals surface area contributed by atoms with Gasteiger partial charge in [0.1, 0.15) is 7.28 Å². The van der Waals surface area contributed by atoms with Gasteiger partial charge in [-0.1, -0.05) is 36.6 Å². The van der Waals surface area contributed by atoms with Crippen molar-refractivity contribution in [3.63, 3.8) is 0 Å². The molecule has 0 aliphatic heterocycles. The van der Waals surface area contributed by atoms with E-state index in [0.29, 0.717) is 0 Å². The summed E-state index contributed by atoms with van der Waals surface area (Å²) in [4.78, 5) is 0. The molecule has 1 aromatic rings. The highest BCUT2D eigenvalue weighted by Gasteiger charge is 1.89. The molecular formula is C8H10BO. The van der Waals surface area contributed by atoms with Crippen LogP contribution < -0.4 is 5.46 Å². The van der Waals surface area contributed by atoms with Crippen LogP contribution in [0.15, 0.2) is 24.3 Å². The lowest BCUT2D eigenvalue weighted by molar-refractivity contribution is 0.282. The van der Waals surface area contributed by atoms with Gasteiger partial charge in [-0.3, -0.25) is 0 Å². The van der Waals surface area contributed by atoms with Gasteiger partial charge >= 0.3 is 0 Å². The molecule has 0 saturated heterocycles. The van der Waals surface area contributed by atoms with Crippen molar-refractivity contribution in [3.8, 4) is 0 Å². The van der Waals surface area contributed by atoms with E-state index < -0.39 is 0 Å². The number of aliphatic hydroxyl groups excluding tert-OH is 1. The Bertz CT molecular complexity index is 170. The number of rotatable bonds is 2. The summed E-state index contributed by atoms with van der Waals surface area (Å²) >= 11 is 0. The second-order valence-electron chi connectivity index (χ2n) is 2.19. The van der Waals surface area contributed by atoms with Gasteiger partial charge in [0.2, 0.25) is 0 Å². The maximum Gasteiger partial charge on any atom is 0.148 e. The van der Waals surface area contributed by atoms with Crippen LogP contribution in [0.2, 0.25) is 6.82 Å². The third-order valence-electron chi connectivity index (χ3n) is 1.50. The smallest absolute Gasteiger partial charge is 0.148 e. The van der Waals surface area contributed by atoms with Gasteiger partial charge in [-0.15, -0.1) is 0 Å². The fourth-order valence-electron chi connectivity index (χ4n) is 0.815. The summed E-state index contributed by atoms with van der Waals surface area (Å²) in [6.45, 7) is 2.12. The van der Waals surface area contributed by atoms with Crippen molar-refractivity contribution in [2.24, 2.45) is 0 Å². The Kier molecular flexibility index (Phi) is 2.52. The Hall–Kier alpha value is -0.755. The maximum atomic E-state index is 8.69. The summed E-state index contributed by atoms with van der Waals surface area (Å²) in [6.07, 6.45) is 0. The van der Waals surface area contributed by atoms with E-state index in [1.54, 1.807) is 0 Å². The lowest BCUT2D eigenvalue weighted by Crippen LogP contribution is -2.09. The van der Waals surface area contributed by atoms with Gasteiger partial charge in [0, 0.05) is 0 Å². The lowest BCUT2D eigenvalue weighted by atomic mass is 9.73.